The van der Waals surface area contributed by atoms with Crippen LogP contribution in [0.4, 0.5) is 17.1 Å². The Hall–Kier alpha value is -6.44. The van der Waals surface area contributed by atoms with Gasteiger partial charge in [-0.05, 0) is 96.4 Å². The molecular formula is C48H33N. The van der Waals surface area contributed by atoms with E-state index in [-0.39, 0.29) is 0 Å². The zero-order chi connectivity index (χ0) is 32.6. The van der Waals surface area contributed by atoms with Crippen molar-refractivity contribution in [2.45, 2.75) is 0 Å². The monoisotopic (exact) mass is 623 g/mol. The van der Waals surface area contributed by atoms with Gasteiger partial charge in [0.05, 0.1) is 5.69 Å². The quantitative estimate of drug-likeness (QED) is 0.132. The van der Waals surface area contributed by atoms with Gasteiger partial charge in [-0.25, -0.2) is 0 Å². The molecule has 1 nitrogen and oxygen atoms in total. The van der Waals surface area contributed by atoms with Crippen molar-refractivity contribution in [2.24, 2.45) is 0 Å². The molecule has 0 atom stereocenters. The van der Waals surface area contributed by atoms with Crippen LogP contribution < -0.4 is 4.90 Å². The summed E-state index contributed by atoms with van der Waals surface area (Å²) in [5.41, 5.74) is 8.21. The van der Waals surface area contributed by atoms with Crippen molar-refractivity contribution in [3.63, 3.8) is 0 Å². The van der Waals surface area contributed by atoms with Crippen LogP contribution in [0.15, 0.2) is 188 Å². The molecule has 1 heteroatoms. The van der Waals surface area contributed by atoms with Crippen LogP contribution in [-0.2, 0) is 0 Å². The van der Waals surface area contributed by atoms with Crippen LogP contribution in [0.1, 0.15) is 11.1 Å². The molecule has 0 amide bonds. The van der Waals surface area contributed by atoms with E-state index in [0.717, 1.165) is 16.9 Å². The Morgan fingerprint density at radius 3 is 1.43 bits per heavy atom. The molecule has 0 spiro atoms. The molecule has 0 aliphatic carbocycles. The van der Waals surface area contributed by atoms with Crippen LogP contribution >= 0.6 is 0 Å². The molecule has 9 aromatic rings. The Balaban J connectivity index is 0.998. The molecule has 0 aliphatic heterocycles. The highest BCUT2D eigenvalue weighted by atomic mass is 15.1. The molecule has 0 saturated carbocycles. The average molecular weight is 624 g/mol. The lowest BCUT2D eigenvalue weighted by Crippen LogP contribution is -2.10. The van der Waals surface area contributed by atoms with Crippen LogP contribution in [0, 0.1) is 0 Å². The molecule has 0 bridgehead atoms. The van der Waals surface area contributed by atoms with Gasteiger partial charge in [-0.3, -0.25) is 0 Å². The maximum Gasteiger partial charge on any atom is 0.0540 e. The van der Waals surface area contributed by atoms with Crippen LogP contribution in [0.3, 0.4) is 0 Å². The van der Waals surface area contributed by atoms with E-state index in [4.69, 9.17) is 0 Å². The van der Waals surface area contributed by atoms with Crippen molar-refractivity contribution >= 4 is 72.3 Å². The van der Waals surface area contributed by atoms with Gasteiger partial charge in [0.2, 0.25) is 0 Å². The zero-order valence-corrected chi connectivity index (χ0v) is 27.0. The smallest absolute Gasteiger partial charge is 0.0540 e. The topological polar surface area (TPSA) is 3.24 Å². The molecule has 0 aromatic heterocycles. The van der Waals surface area contributed by atoms with E-state index in [1.807, 2.05) is 0 Å². The lowest BCUT2D eigenvalue weighted by molar-refractivity contribution is 1.30. The second kappa shape index (κ2) is 12.3. The van der Waals surface area contributed by atoms with E-state index >= 15 is 0 Å². The van der Waals surface area contributed by atoms with Gasteiger partial charge in [0.25, 0.3) is 0 Å². The molecular weight excluding hydrogens is 591 g/mol. The minimum atomic E-state index is 1.13. The fraction of sp³-hybridized carbons (Fsp3) is 0. The number of hydrogen-bond acceptors (Lipinski definition) is 1. The highest BCUT2D eigenvalue weighted by Gasteiger charge is 2.15. The van der Waals surface area contributed by atoms with Gasteiger partial charge >= 0.3 is 0 Å². The van der Waals surface area contributed by atoms with Gasteiger partial charge in [-0.15, -0.1) is 0 Å². The molecule has 0 unspecified atom stereocenters. The van der Waals surface area contributed by atoms with E-state index in [1.54, 1.807) is 0 Å². The first-order chi connectivity index (χ1) is 24.3. The van der Waals surface area contributed by atoms with E-state index in [1.165, 1.54) is 65.5 Å². The summed E-state index contributed by atoms with van der Waals surface area (Å²) in [4.78, 5) is 2.34. The number of nitrogens with zero attached hydrogens (tertiary/aromatic N) is 1. The van der Waals surface area contributed by atoms with Gasteiger partial charge in [-0.2, -0.15) is 0 Å². The fourth-order valence-corrected chi connectivity index (χ4v) is 7.21. The summed E-state index contributed by atoms with van der Waals surface area (Å²) in [7, 11) is 0. The van der Waals surface area contributed by atoms with Crippen molar-refractivity contribution in [2.75, 3.05) is 4.90 Å². The zero-order valence-electron chi connectivity index (χ0n) is 27.0. The highest BCUT2D eigenvalue weighted by Crippen LogP contribution is 2.39. The Morgan fingerprint density at radius 1 is 0.306 bits per heavy atom. The standard InChI is InChI=1S/C48H33N/c1-2-13-39(14-3-1)49(48-20-10-12-37-11-4-5-15-41(37)48)40-30-25-35(26-31-40)22-21-34-23-27-36(28-24-34)38-29-32-46-44-18-7-6-16-42(44)43-17-8-9-19-45(43)47(46)33-38/h1-33H/b22-21+. The Labute approximate surface area is 286 Å². The van der Waals surface area contributed by atoms with Gasteiger partial charge in [-0.1, -0.05) is 164 Å². The molecule has 0 saturated heterocycles. The molecule has 0 heterocycles. The second-order valence-corrected chi connectivity index (χ2v) is 12.6. The largest absolute Gasteiger partial charge is 0.310 e. The number of hydrogen-bond donors (Lipinski definition) is 0. The van der Waals surface area contributed by atoms with Gasteiger partial charge in [0.15, 0.2) is 0 Å². The maximum absolute atomic E-state index is 2.35. The first-order valence-corrected chi connectivity index (χ1v) is 16.8. The van der Waals surface area contributed by atoms with Crippen LogP contribution in [0.25, 0.3) is 66.4 Å². The predicted molar refractivity (Wildman–Crippen MR) is 212 cm³/mol. The molecule has 9 rings (SSSR count). The molecule has 0 radical (unpaired) electrons. The second-order valence-electron chi connectivity index (χ2n) is 12.6. The molecule has 0 aliphatic rings. The van der Waals surface area contributed by atoms with E-state index in [9.17, 15) is 0 Å². The lowest BCUT2D eigenvalue weighted by atomic mass is 9.92. The van der Waals surface area contributed by atoms with Crippen molar-refractivity contribution in [1.82, 2.24) is 0 Å². The summed E-state index contributed by atoms with van der Waals surface area (Å²) < 4.78 is 0. The summed E-state index contributed by atoms with van der Waals surface area (Å²) in [5, 5.41) is 10.3. The summed E-state index contributed by atoms with van der Waals surface area (Å²) in [6, 6.07) is 67.8. The summed E-state index contributed by atoms with van der Waals surface area (Å²) in [6.45, 7) is 0. The molecule has 0 fully saturated rings. The molecule has 9 aromatic carbocycles. The SMILES string of the molecule is C(=C\c1ccc(N(c2ccccc2)c2cccc3ccccc23)cc1)/c1ccc(-c2ccc3c4ccccc4c4ccccc4c3c2)cc1. The van der Waals surface area contributed by atoms with Crippen LogP contribution in [-0.4, -0.2) is 0 Å². The first-order valence-electron chi connectivity index (χ1n) is 16.8. The van der Waals surface area contributed by atoms with Crippen molar-refractivity contribution in [3.8, 4) is 11.1 Å². The Morgan fingerprint density at radius 2 is 0.776 bits per heavy atom. The number of anilines is 3. The third-order valence-corrected chi connectivity index (χ3v) is 9.63. The predicted octanol–water partition coefficient (Wildman–Crippen LogP) is 13.6. The van der Waals surface area contributed by atoms with E-state index in [0.29, 0.717) is 0 Å². The number of benzene rings is 9. The fourth-order valence-electron chi connectivity index (χ4n) is 7.21. The molecule has 0 N–H and O–H groups in total. The number of fused-ring (bicyclic) bond motifs is 7. The van der Waals surface area contributed by atoms with Gasteiger partial charge in [0.1, 0.15) is 0 Å². The summed E-state index contributed by atoms with van der Waals surface area (Å²) in [6.07, 6.45) is 4.38. The lowest BCUT2D eigenvalue weighted by Gasteiger charge is -2.27. The molecule has 230 valence electrons. The third-order valence-electron chi connectivity index (χ3n) is 9.63. The van der Waals surface area contributed by atoms with Crippen LogP contribution in [0.5, 0.6) is 0 Å². The van der Waals surface area contributed by atoms with Crippen molar-refractivity contribution in [1.29, 1.82) is 0 Å². The molecule has 49 heavy (non-hydrogen) atoms. The van der Waals surface area contributed by atoms with Gasteiger partial charge < -0.3 is 4.90 Å². The number of rotatable bonds is 6. The van der Waals surface area contributed by atoms with E-state index in [2.05, 4.69) is 205 Å². The minimum Gasteiger partial charge on any atom is -0.310 e. The third kappa shape index (κ3) is 5.32. The van der Waals surface area contributed by atoms with Crippen molar-refractivity contribution < 1.29 is 0 Å². The van der Waals surface area contributed by atoms with Crippen LogP contribution in [0.2, 0.25) is 0 Å². The maximum atomic E-state index is 2.35. The summed E-state index contributed by atoms with van der Waals surface area (Å²) >= 11 is 0. The summed E-state index contributed by atoms with van der Waals surface area (Å²) in [5.74, 6) is 0. The normalized spacial score (nSPS) is 11.6. The minimum absolute atomic E-state index is 1.13. The van der Waals surface area contributed by atoms with E-state index < -0.39 is 0 Å². The van der Waals surface area contributed by atoms with Crippen molar-refractivity contribution in [3.05, 3.63) is 199 Å². The number of para-hydroxylation sites is 1. The average Bonchev–Trinajstić information content (AvgIpc) is 3.18. The highest BCUT2D eigenvalue weighted by molar-refractivity contribution is 6.25. The first kappa shape index (κ1) is 28.8. The Kier molecular flexibility index (Phi) is 7.22. The Bertz CT molecular complexity index is 2590. The van der Waals surface area contributed by atoms with Gasteiger partial charge in [0, 0.05) is 16.8 Å².